The van der Waals surface area contributed by atoms with Crippen molar-refractivity contribution in [1.29, 1.82) is 0 Å². The highest BCUT2D eigenvalue weighted by Crippen LogP contribution is 2.13. The monoisotopic (exact) mass is 210 g/mol. The quantitative estimate of drug-likeness (QED) is 0.613. The molecule has 0 bridgehead atoms. The third kappa shape index (κ3) is 2.40. The molecule has 0 heterocycles. The number of carbonyl (C=O) groups is 2. The van der Waals surface area contributed by atoms with Gasteiger partial charge in [-0.3, -0.25) is 9.59 Å². The minimum Gasteiger partial charge on any atom is -0.481 e. The summed E-state index contributed by atoms with van der Waals surface area (Å²) in [5, 5.41) is 8.64. The Kier molecular flexibility index (Phi) is 3.19. The van der Waals surface area contributed by atoms with E-state index in [0.29, 0.717) is 5.56 Å². The summed E-state index contributed by atoms with van der Waals surface area (Å²) in [5.41, 5.74) is 0.558. The number of carboxylic acid groups (broad SMARTS) is 1. The van der Waals surface area contributed by atoms with E-state index in [-0.39, 0.29) is 5.56 Å². The molecular formula is C11H11FO3. The molecule has 3 nitrogen and oxygen atoms in total. The molecule has 0 aromatic heterocycles. The largest absolute Gasteiger partial charge is 0.481 e. The Labute approximate surface area is 86.5 Å². The smallest absolute Gasteiger partial charge is 0.314 e. The molecule has 1 aromatic carbocycles. The van der Waals surface area contributed by atoms with Crippen molar-refractivity contribution in [2.24, 2.45) is 5.92 Å². The van der Waals surface area contributed by atoms with Gasteiger partial charge in [0.15, 0.2) is 5.78 Å². The molecule has 0 saturated heterocycles. The van der Waals surface area contributed by atoms with Crippen LogP contribution in [0.1, 0.15) is 22.8 Å². The fraction of sp³-hybridized carbons (Fsp3) is 0.273. The van der Waals surface area contributed by atoms with Crippen molar-refractivity contribution >= 4 is 11.8 Å². The third-order valence-electron chi connectivity index (χ3n) is 2.21. The van der Waals surface area contributed by atoms with Crippen LogP contribution in [0.3, 0.4) is 0 Å². The van der Waals surface area contributed by atoms with Crippen molar-refractivity contribution in [2.75, 3.05) is 0 Å². The highest BCUT2D eigenvalue weighted by atomic mass is 19.1. The van der Waals surface area contributed by atoms with Gasteiger partial charge in [-0.25, -0.2) is 4.39 Å². The van der Waals surface area contributed by atoms with Gasteiger partial charge in [0.2, 0.25) is 0 Å². The average molecular weight is 210 g/mol. The average Bonchev–Trinajstić information content (AvgIpc) is 2.19. The van der Waals surface area contributed by atoms with Crippen LogP contribution in [0.2, 0.25) is 0 Å². The van der Waals surface area contributed by atoms with Crippen molar-refractivity contribution in [3.05, 3.63) is 35.1 Å². The lowest BCUT2D eigenvalue weighted by Gasteiger charge is -2.06. The van der Waals surface area contributed by atoms with Gasteiger partial charge >= 0.3 is 5.97 Å². The molecule has 0 amide bonds. The first-order valence-corrected chi connectivity index (χ1v) is 4.46. The molecule has 0 radical (unpaired) electrons. The summed E-state index contributed by atoms with van der Waals surface area (Å²) in [6.07, 6.45) is 0. The molecule has 0 fully saturated rings. The van der Waals surface area contributed by atoms with Crippen LogP contribution >= 0.6 is 0 Å². The molecule has 80 valence electrons. The molecule has 0 aliphatic carbocycles. The Morgan fingerprint density at radius 1 is 1.40 bits per heavy atom. The van der Waals surface area contributed by atoms with Crippen molar-refractivity contribution < 1.29 is 19.1 Å². The van der Waals surface area contributed by atoms with Gasteiger partial charge in [0.05, 0.1) is 0 Å². The number of hydrogen-bond donors (Lipinski definition) is 1. The van der Waals surface area contributed by atoms with E-state index in [1.807, 2.05) is 0 Å². The van der Waals surface area contributed by atoms with E-state index in [0.717, 1.165) is 6.07 Å². The maximum absolute atomic E-state index is 12.9. The molecule has 4 heteroatoms. The first-order chi connectivity index (χ1) is 6.93. The predicted octanol–water partition coefficient (Wildman–Crippen LogP) is 2.04. The van der Waals surface area contributed by atoms with Gasteiger partial charge in [-0.05, 0) is 37.6 Å². The van der Waals surface area contributed by atoms with Crippen LogP contribution in [0.5, 0.6) is 0 Å². The third-order valence-corrected chi connectivity index (χ3v) is 2.21. The number of benzene rings is 1. The lowest BCUT2D eigenvalue weighted by atomic mass is 9.98. The summed E-state index contributed by atoms with van der Waals surface area (Å²) in [5.74, 6) is -3.20. The zero-order chi connectivity index (χ0) is 11.6. The van der Waals surface area contributed by atoms with E-state index in [9.17, 15) is 14.0 Å². The van der Waals surface area contributed by atoms with Gasteiger partial charge in [0, 0.05) is 5.56 Å². The molecule has 0 saturated carbocycles. The lowest BCUT2D eigenvalue weighted by Crippen LogP contribution is -2.20. The first-order valence-electron chi connectivity index (χ1n) is 4.46. The molecule has 1 atom stereocenters. The summed E-state index contributed by atoms with van der Waals surface area (Å²) >= 11 is 0. The van der Waals surface area contributed by atoms with Crippen LogP contribution in [0, 0.1) is 18.7 Å². The standard InChI is InChI=1S/C11H11FO3/c1-6-5-8(3-4-9(6)12)10(13)7(2)11(14)15/h3-5,7H,1-2H3,(H,14,15). The lowest BCUT2D eigenvalue weighted by molar-refractivity contribution is -0.139. The van der Waals surface area contributed by atoms with Gasteiger partial charge in [-0.15, -0.1) is 0 Å². The Bertz CT molecular complexity index is 412. The zero-order valence-corrected chi connectivity index (χ0v) is 8.45. The van der Waals surface area contributed by atoms with E-state index in [1.54, 1.807) is 0 Å². The molecule has 15 heavy (non-hydrogen) atoms. The van der Waals surface area contributed by atoms with Crippen LogP contribution in [0.4, 0.5) is 4.39 Å². The second kappa shape index (κ2) is 4.21. The maximum Gasteiger partial charge on any atom is 0.314 e. The molecule has 1 N–H and O–H groups in total. The maximum atomic E-state index is 12.9. The van der Waals surface area contributed by atoms with Gasteiger partial charge in [0.1, 0.15) is 11.7 Å². The topological polar surface area (TPSA) is 54.4 Å². The molecule has 1 aromatic rings. The van der Waals surface area contributed by atoms with E-state index >= 15 is 0 Å². The second-order valence-corrected chi connectivity index (χ2v) is 3.39. The molecule has 1 unspecified atom stereocenters. The number of rotatable bonds is 3. The van der Waals surface area contributed by atoms with Crippen LogP contribution in [0.15, 0.2) is 18.2 Å². The molecule has 0 spiro atoms. The second-order valence-electron chi connectivity index (χ2n) is 3.39. The van der Waals surface area contributed by atoms with Crippen LogP contribution in [-0.4, -0.2) is 16.9 Å². The minimum atomic E-state index is -1.18. The Morgan fingerprint density at radius 2 is 2.00 bits per heavy atom. The SMILES string of the molecule is Cc1cc(C(=O)C(C)C(=O)O)ccc1F. The van der Waals surface area contributed by atoms with Crippen molar-refractivity contribution in [2.45, 2.75) is 13.8 Å². The number of aryl methyl sites for hydroxylation is 1. The van der Waals surface area contributed by atoms with Crippen molar-refractivity contribution in [3.63, 3.8) is 0 Å². The normalized spacial score (nSPS) is 12.2. The van der Waals surface area contributed by atoms with Gasteiger partial charge in [-0.2, -0.15) is 0 Å². The van der Waals surface area contributed by atoms with E-state index in [1.165, 1.54) is 26.0 Å². The number of aliphatic carboxylic acids is 1. The molecule has 0 aliphatic rings. The first kappa shape index (κ1) is 11.4. The van der Waals surface area contributed by atoms with Crippen LogP contribution in [-0.2, 0) is 4.79 Å². The summed E-state index contributed by atoms with van der Waals surface area (Å²) in [4.78, 5) is 22.1. The van der Waals surface area contributed by atoms with E-state index in [4.69, 9.17) is 5.11 Å². The van der Waals surface area contributed by atoms with Crippen molar-refractivity contribution in [1.82, 2.24) is 0 Å². The molecule has 1 rings (SSSR count). The van der Waals surface area contributed by atoms with Gasteiger partial charge < -0.3 is 5.11 Å². The number of hydrogen-bond acceptors (Lipinski definition) is 2. The Morgan fingerprint density at radius 3 is 2.47 bits per heavy atom. The molecule has 0 aliphatic heterocycles. The fourth-order valence-electron chi connectivity index (χ4n) is 1.16. The predicted molar refractivity (Wildman–Crippen MR) is 52.3 cm³/mol. The van der Waals surface area contributed by atoms with Gasteiger partial charge in [0.25, 0.3) is 0 Å². The Balaban J connectivity index is 3.02. The number of carboxylic acids is 1. The number of Topliss-reactive ketones (excluding diaryl/α,β-unsaturated/α-hetero) is 1. The number of carbonyl (C=O) groups excluding carboxylic acids is 1. The summed E-state index contributed by atoms with van der Waals surface area (Å²) < 4.78 is 12.9. The van der Waals surface area contributed by atoms with Crippen LogP contribution < -0.4 is 0 Å². The Hall–Kier alpha value is -1.71. The number of halogens is 1. The minimum absolute atomic E-state index is 0.226. The molecular weight excluding hydrogens is 199 g/mol. The van der Waals surface area contributed by atoms with Crippen molar-refractivity contribution in [3.8, 4) is 0 Å². The van der Waals surface area contributed by atoms with E-state index in [2.05, 4.69) is 0 Å². The van der Waals surface area contributed by atoms with E-state index < -0.39 is 23.5 Å². The summed E-state index contributed by atoms with van der Waals surface area (Å²) in [7, 11) is 0. The highest BCUT2D eigenvalue weighted by Gasteiger charge is 2.22. The van der Waals surface area contributed by atoms with Crippen LogP contribution in [0.25, 0.3) is 0 Å². The zero-order valence-electron chi connectivity index (χ0n) is 8.45. The summed E-state index contributed by atoms with van der Waals surface area (Å²) in [6, 6.07) is 3.82. The van der Waals surface area contributed by atoms with Gasteiger partial charge in [-0.1, -0.05) is 0 Å². The summed E-state index contributed by atoms with van der Waals surface area (Å²) in [6.45, 7) is 2.83. The number of ketones is 1. The highest BCUT2D eigenvalue weighted by molar-refractivity contribution is 6.07. The fourth-order valence-corrected chi connectivity index (χ4v) is 1.16.